The number of azo groups is 1. The van der Waals surface area contributed by atoms with E-state index in [2.05, 4.69) is 10.2 Å². The summed E-state index contributed by atoms with van der Waals surface area (Å²) in [5.74, 6) is -0.283. The maximum Gasteiger partial charge on any atom is 0.122 e. The Morgan fingerprint density at radius 3 is 2.77 bits per heavy atom. The zero-order valence-electron chi connectivity index (χ0n) is 7.14. The van der Waals surface area contributed by atoms with Crippen LogP contribution in [0.5, 0.6) is 0 Å². The van der Waals surface area contributed by atoms with Crippen LogP contribution in [0.3, 0.4) is 0 Å². The molecule has 0 aliphatic heterocycles. The van der Waals surface area contributed by atoms with Gasteiger partial charge in [0, 0.05) is 0 Å². The Balaban J connectivity index is 2.68. The number of rotatable bonds is 3. The van der Waals surface area contributed by atoms with E-state index in [1.807, 2.05) is 25.1 Å². The standard InChI is InChI=1S/C8H10N2O2S/c1-7-4-2-3-5-8(7)10-9-6-13(11)12/h2-5H,6H2,1H3,(H,11,12)/p-1. The Hall–Kier alpha value is -1.07. The lowest BCUT2D eigenvalue weighted by molar-refractivity contribution is 0.536. The van der Waals surface area contributed by atoms with Crippen molar-refractivity contribution in [3.05, 3.63) is 29.8 Å². The summed E-state index contributed by atoms with van der Waals surface area (Å²) < 4.78 is 20.2. The van der Waals surface area contributed by atoms with Crippen LogP contribution in [0.1, 0.15) is 5.56 Å². The van der Waals surface area contributed by atoms with Crippen molar-refractivity contribution in [3.8, 4) is 0 Å². The molecule has 0 bridgehead atoms. The highest BCUT2D eigenvalue weighted by molar-refractivity contribution is 7.79. The summed E-state index contributed by atoms with van der Waals surface area (Å²) in [7, 11) is 0. The van der Waals surface area contributed by atoms with E-state index < -0.39 is 11.1 Å². The lowest BCUT2D eigenvalue weighted by Gasteiger charge is -1.99. The first-order chi connectivity index (χ1) is 6.20. The van der Waals surface area contributed by atoms with Crippen LogP contribution in [0.4, 0.5) is 5.69 Å². The maximum absolute atomic E-state index is 10.1. The average Bonchev–Trinajstić information content (AvgIpc) is 2.08. The van der Waals surface area contributed by atoms with Crippen LogP contribution in [0.2, 0.25) is 0 Å². The molecular formula is C8H9N2O2S-. The fourth-order valence-corrected chi connectivity index (χ4v) is 0.980. The van der Waals surface area contributed by atoms with Gasteiger partial charge in [-0.15, -0.1) is 0 Å². The summed E-state index contributed by atoms with van der Waals surface area (Å²) in [5.41, 5.74) is 1.68. The van der Waals surface area contributed by atoms with Gasteiger partial charge in [-0.2, -0.15) is 10.2 Å². The van der Waals surface area contributed by atoms with Crippen molar-refractivity contribution < 1.29 is 8.76 Å². The van der Waals surface area contributed by atoms with E-state index in [1.54, 1.807) is 6.07 Å². The maximum atomic E-state index is 10.1. The zero-order valence-corrected chi connectivity index (χ0v) is 7.95. The molecule has 0 heterocycles. The lowest BCUT2D eigenvalue weighted by Crippen LogP contribution is -1.89. The number of hydrogen-bond acceptors (Lipinski definition) is 4. The van der Waals surface area contributed by atoms with Crippen molar-refractivity contribution in [2.45, 2.75) is 6.92 Å². The van der Waals surface area contributed by atoms with Crippen molar-refractivity contribution in [1.82, 2.24) is 0 Å². The molecule has 1 aromatic rings. The Morgan fingerprint density at radius 2 is 2.15 bits per heavy atom. The third-order valence-corrected chi connectivity index (χ3v) is 1.78. The van der Waals surface area contributed by atoms with Gasteiger partial charge in [-0.25, -0.2) is 0 Å². The Kier molecular flexibility index (Phi) is 3.72. The predicted octanol–water partition coefficient (Wildman–Crippen LogP) is 1.92. The van der Waals surface area contributed by atoms with E-state index in [1.165, 1.54) is 0 Å². The number of aryl methyl sites for hydroxylation is 1. The largest absolute Gasteiger partial charge is 0.771 e. The van der Waals surface area contributed by atoms with E-state index in [0.29, 0.717) is 5.69 Å². The highest BCUT2D eigenvalue weighted by atomic mass is 32.2. The topological polar surface area (TPSA) is 64.8 Å². The van der Waals surface area contributed by atoms with Crippen molar-refractivity contribution in [1.29, 1.82) is 0 Å². The number of benzene rings is 1. The molecule has 0 N–H and O–H groups in total. The van der Waals surface area contributed by atoms with Gasteiger partial charge in [0.05, 0.1) is 5.69 Å². The van der Waals surface area contributed by atoms with Gasteiger partial charge in [-0.3, -0.25) is 4.21 Å². The van der Waals surface area contributed by atoms with Crippen molar-refractivity contribution >= 4 is 16.8 Å². The number of hydrogen-bond donors (Lipinski definition) is 0. The Morgan fingerprint density at radius 1 is 1.46 bits per heavy atom. The molecule has 0 amide bonds. The lowest BCUT2D eigenvalue weighted by atomic mass is 10.2. The van der Waals surface area contributed by atoms with Gasteiger partial charge in [0.1, 0.15) is 5.88 Å². The second-order valence-corrected chi connectivity index (χ2v) is 3.33. The van der Waals surface area contributed by atoms with E-state index in [0.717, 1.165) is 5.56 Å². The third-order valence-electron chi connectivity index (χ3n) is 1.46. The molecule has 1 aromatic carbocycles. The van der Waals surface area contributed by atoms with Gasteiger partial charge in [0.2, 0.25) is 0 Å². The molecule has 70 valence electrons. The molecule has 1 rings (SSSR count). The highest BCUT2D eigenvalue weighted by Gasteiger charge is 1.91. The Bertz CT molecular complexity index is 339. The molecule has 4 nitrogen and oxygen atoms in total. The molecule has 0 spiro atoms. The van der Waals surface area contributed by atoms with Crippen molar-refractivity contribution in [2.75, 3.05) is 5.88 Å². The minimum absolute atomic E-state index is 0.283. The summed E-state index contributed by atoms with van der Waals surface area (Å²) in [6, 6.07) is 7.39. The Labute approximate surface area is 79.0 Å². The quantitative estimate of drug-likeness (QED) is 0.548. The molecule has 0 fully saturated rings. The second kappa shape index (κ2) is 4.84. The van der Waals surface area contributed by atoms with E-state index in [9.17, 15) is 8.76 Å². The molecule has 1 atom stereocenters. The summed E-state index contributed by atoms with van der Waals surface area (Å²) in [6.45, 7) is 1.89. The molecule has 0 radical (unpaired) electrons. The molecule has 13 heavy (non-hydrogen) atoms. The van der Waals surface area contributed by atoms with Crippen LogP contribution in [-0.4, -0.2) is 14.6 Å². The highest BCUT2D eigenvalue weighted by Crippen LogP contribution is 2.17. The summed E-state index contributed by atoms with van der Waals surface area (Å²) in [5, 5.41) is 7.29. The van der Waals surface area contributed by atoms with Gasteiger partial charge < -0.3 is 4.55 Å². The molecule has 0 aromatic heterocycles. The smallest absolute Gasteiger partial charge is 0.122 e. The molecular weight excluding hydrogens is 188 g/mol. The van der Waals surface area contributed by atoms with Crippen LogP contribution in [0.15, 0.2) is 34.5 Å². The minimum Gasteiger partial charge on any atom is -0.771 e. The van der Waals surface area contributed by atoms with E-state index in [4.69, 9.17) is 0 Å². The molecule has 0 aliphatic rings. The summed E-state index contributed by atoms with van der Waals surface area (Å²) in [4.78, 5) is 0. The summed E-state index contributed by atoms with van der Waals surface area (Å²) in [6.07, 6.45) is 0. The van der Waals surface area contributed by atoms with Crippen LogP contribution in [-0.2, 0) is 11.1 Å². The first-order valence-corrected chi connectivity index (χ1v) is 4.93. The van der Waals surface area contributed by atoms with Crippen LogP contribution >= 0.6 is 0 Å². The monoisotopic (exact) mass is 197 g/mol. The summed E-state index contributed by atoms with van der Waals surface area (Å²) >= 11 is -2.16. The normalized spacial score (nSPS) is 13.4. The third kappa shape index (κ3) is 3.43. The minimum atomic E-state index is -2.16. The van der Waals surface area contributed by atoms with Crippen LogP contribution < -0.4 is 0 Å². The molecule has 0 saturated heterocycles. The van der Waals surface area contributed by atoms with Crippen molar-refractivity contribution in [3.63, 3.8) is 0 Å². The first kappa shape index (κ1) is 10.0. The van der Waals surface area contributed by atoms with Crippen molar-refractivity contribution in [2.24, 2.45) is 10.2 Å². The van der Waals surface area contributed by atoms with Gasteiger partial charge >= 0.3 is 0 Å². The van der Waals surface area contributed by atoms with Gasteiger partial charge in [-0.05, 0) is 29.6 Å². The SMILES string of the molecule is Cc1ccccc1N=NCS(=O)[O-]. The fraction of sp³-hybridized carbons (Fsp3) is 0.250. The van der Waals surface area contributed by atoms with Crippen LogP contribution in [0, 0.1) is 6.92 Å². The first-order valence-electron chi connectivity index (χ1n) is 3.69. The van der Waals surface area contributed by atoms with Gasteiger partial charge in [0.15, 0.2) is 0 Å². The van der Waals surface area contributed by atoms with Crippen LogP contribution in [0.25, 0.3) is 0 Å². The van der Waals surface area contributed by atoms with E-state index >= 15 is 0 Å². The fourth-order valence-electron chi connectivity index (χ4n) is 0.828. The van der Waals surface area contributed by atoms with Gasteiger partial charge in [0.25, 0.3) is 0 Å². The number of nitrogens with zero attached hydrogens (tertiary/aromatic N) is 2. The molecule has 0 saturated carbocycles. The molecule has 1 unspecified atom stereocenters. The van der Waals surface area contributed by atoms with E-state index in [-0.39, 0.29) is 5.88 Å². The predicted molar refractivity (Wildman–Crippen MR) is 49.5 cm³/mol. The molecule has 5 heteroatoms. The van der Waals surface area contributed by atoms with Gasteiger partial charge in [-0.1, -0.05) is 18.2 Å². The average molecular weight is 197 g/mol. The molecule has 0 aliphatic carbocycles. The zero-order chi connectivity index (χ0) is 9.68. The second-order valence-electron chi connectivity index (χ2n) is 2.46.